The maximum absolute atomic E-state index is 11.9. The number of esters is 1. The van der Waals surface area contributed by atoms with E-state index in [1.165, 1.54) is 70.6 Å². The second kappa shape index (κ2) is 18.3. The van der Waals surface area contributed by atoms with Crippen molar-refractivity contribution in [1.29, 1.82) is 0 Å². The molecule has 0 saturated carbocycles. The van der Waals surface area contributed by atoms with Crippen LogP contribution in [0.1, 0.15) is 104 Å². The van der Waals surface area contributed by atoms with Crippen molar-refractivity contribution in [3.05, 3.63) is 42.5 Å². The van der Waals surface area contributed by atoms with Gasteiger partial charge in [-0.25, -0.2) is 0 Å². The molecule has 0 aromatic heterocycles. The Morgan fingerprint density at radius 3 is 2.00 bits per heavy atom. The molecule has 164 valence electrons. The molecule has 0 amide bonds. The van der Waals surface area contributed by atoms with Crippen molar-refractivity contribution in [2.24, 2.45) is 0 Å². The molecule has 1 unspecified atom stereocenters. The highest BCUT2D eigenvalue weighted by Crippen LogP contribution is 2.13. The fraction of sp³-hybridized carbons (Fsp3) is 0.654. The molecule has 0 spiro atoms. The van der Waals surface area contributed by atoms with Gasteiger partial charge in [0.05, 0.1) is 0 Å². The number of unbranched alkanes of at least 4 members (excludes halogenated alkanes) is 11. The molecule has 1 aromatic carbocycles. The van der Waals surface area contributed by atoms with Gasteiger partial charge in [-0.05, 0) is 44.2 Å². The predicted octanol–water partition coefficient (Wildman–Crippen LogP) is 7.99. The Morgan fingerprint density at radius 1 is 0.828 bits per heavy atom. The number of allylic oxidation sites excluding steroid dienone is 2. The quantitative estimate of drug-likeness (QED) is 0.108. The molecule has 0 saturated heterocycles. The Morgan fingerprint density at radius 2 is 1.38 bits per heavy atom. The minimum Gasteiger partial charge on any atom is -0.455 e. The van der Waals surface area contributed by atoms with Crippen LogP contribution in [-0.2, 0) is 9.53 Å². The van der Waals surface area contributed by atoms with Crippen molar-refractivity contribution in [3.63, 3.8) is 0 Å². The van der Waals surface area contributed by atoms with E-state index in [0.29, 0.717) is 12.2 Å². The van der Waals surface area contributed by atoms with E-state index in [9.17, 15) is 4.79 Å². The first-order valence-electron chi connectivity index (χ1n) is 11.8. The van der Waals surface area contributed by atoms with E-state index in [2.05, 4.69) is 19.1 Å². The Hall–Kier alpha value is -1.77. The topological polar surface area (TPSA) is 35.5 Å². The van der Waals surface area contributed by atoms with Crippen LogP contribution < -0.4 is 4.74 Å². The predicted molar refractivity (Wildman–Crippen MR) is 122 cm³/mol. The third-order valence-electron chi connectivity index (χ3n) is 4.99. The van der Waals surface area contributed by atoms with Gasteiger partial charge in [0.15, 0.2) is 0 Å². The van der Waals surface area contributed by atoms with Crippen molar-refractivity contribution < 1.29 is 14.3 Å². The van der Waals surface area contributed by atoms with Crippen molar-refractivity contribution >= 4 is 5.97 Å². The van der Waals surface area contributed by atoms with Gasteiger partial charge in [-0.1, -0.05) is 88.6 Å². The zero-order valence-electron chi connectivity index (χ0n) is 18.7. The molecular formula is C26H42O3. The van der Waals surface area contributed by atoms with E-state index in [0.717, 1.165) is 12.8 Å². The lowest BCUT2D eigenvalue weighted by Crippen LogP contribution is -2.20. The lowest BCUT2D eigenvalue weighted by Gasteiger charge is -2.15. The van der Waals surface area contributed by atoms with Crippen LogP contribution in [0.25, 0.3) is 0 Å². The molecular weight excluding hydrogens is 360 g/mol. The summed E-state index contributed by atoms with van der Waals surface area (Å²) in [6, 6.07) is 9.43. The Bertz CT molecular complexity index is 524. The first kappa shape index (κ1) is 25.3. The van der Waals surface area contributed by atoms with Gasteiger partial charge in [0, 0.05) is 13.3 Å². The lowest BCUT2D eigenvalue weighted by atomic mass is 10.1. The van der Waals surface area contributed by atoms with Gasteiger partial charge in [0.25, 0.3) is 0 Å². The van der Waals surface area contributed by atoms with E-state index < -0.39 is 6.29 Å². The SMILES string of the molecule is CCCCCCCCC=CCCCCCCCC(=O)OC(C)Oc1ccccc1. The van der Waals surface area contributed by atoms with Crippen molar-refractivity contribution in [2.45, 2.75) is 110 Å². The van der Waals surface area contributed by atoms with Crippen LogP contribution in [0.5, 0.6) is 5.75 Å². The summed E-state index contributed by atoms with van der Waals surface area (Å²) in [4.78, 5) is 11.9. The van der Waals surface area contributed by atoms with Crippen LogP contribution in [0.3, 0.4) is 0 Å². The second-order valence-electron chi connectivity index (χ2n) is 7.82. The molecule has 1 aromatic rings. The molecule has 0 aliphatic carbocycles. The first-order valence-corrected chi connectivity index (χ1v) is 11.8. The van der Waals surface area contributed by atoms with Crippen LogP contribution in [0.15, 0.2) is 42.5 Å². The number of carbonyl (C=O) groups is 1. The average molecular weight is 403 g/mol. The number of para-hydroxylation sites is 1. The average Bonchev–Trinajstić information content (AvgIpc) is 2.71. The summed E-state index contributed by atoms with van der Waals surface area (Å²) < 4.78 is 10.9. The van der Waals surface area contributed by atoms with Gasteiger partial charge < -0.3 is 9.47 Å². The summed E-state index contributed by atoms with van der Waals surface area (Å²) in [5.41, 5.74) is 0. The van der Waals surface area contributed by atoms with Gasteiger partial charge in [-0.15, -0.1) is 0 Å². The second-order valence-corrected chi connectivity index (χ2v) is 7.82. The zero-order chi connectivity index (χ0) is 21.0. The molecule has 0 bridgehead atoms. The number of rotatable bonds is 18. The van der Waals surface area contributed by atoms with Crippen LogP contribution in [0.2, 0.25) is 0 Å². The molecule has 0 radical (unpaired) electrons. The van der Waals surface area contributed by atoms with Crippen LogP contribution in [0, 0.1) is 0 Å². The van der Waals surface area contributed by atoms with E-state index >= 15 is 0 Å². The van der Waals surface area contributed by atoms with E-state index in [1.54, 1.807) is 6.92 Å². The van der Waals surface area contributed by atoms with E-state index in [1.807, 2.05) is 30.3 Å². The van der Waals surface area contributed by atoms with Crippen molar-refractivity contribution in [3.8, 4) is 5.75 Å². The smallest absolute Gasteiger partial charge is 0.308 e. The summed E-state index contributed by atoms with van der Waals surface area (Å²) >= 11 is 0. The van der Waals surface area contributed by atoms with E-state index in [4.69, 9.17) is 9.47 Å². The molecule has 0 aliphatic rings. The fourth-order valence-electron chi connectivity index (χ4n) is 3.30. The highest BCUT2D eigenvalue weighted by Gasteiger charge is 2.10. The van der Waals surface area contributed by atoms with Crippen molar-refractivity contribution in [2.75, 3.05) is 0 Å². The van der Waals surface area contributed by atoms with Gasteiger partial charge in [0.2, 0.25) is 6.29 Å². The minimum atomic E-state index is -0.548. The fourth-order valence-corrected chi connectivity index (χ4v) is 3.30. The highest BCUT2D eigenvalue weighted by atomic mass is 16.7. The van der Waals surface area contributed by atoms with Crippen LogP contribution in [0.4, 0.5) is 0 Å². The number of benzene rings is 1. The summed E-state index contributed by atoms with van der Waals surface area (Å²) in [6.07, 6.45) is 20.9. The molecule has 0 aliphatic heterocycles. The monoisotopic (exact) mass is 402 g/mol. The lowest BCUT2D eigenvalue weighted by molar-refractivity contribution is -0.161. The largest absolute Gasteiger partial charge is 0.455 e. The van der Waals surface area contributed by atoms with E-state index in [-0.39, 0.29) is 5.97 Å². The van der Waals surface area contributed by atoms with Gasteiger partial charge in [0.1, 0.15) is 5.75 Å². The molecule has 0 fully saturated rings. The van der Waals surface area contributed by atoms with Gasteiger partial charge in [-0.2, -0.15) is 0 Å². The molecule has 3 heteroatoms. The zero-order valence-corrected chi connectivity index (χ0v) is 18.7. The minimum absolute atomic E-state index is 0.175. The highest BCUT2D eigenvalue weighted by molar-refractivity contribution is 5.69. The number of ether oxygens (including phenoxy) is 2. The first-order chi connectivity index (χ1) is 14.2. The number of hydrogen-bond donors (Lipinski definition) is 0. The standard InChI is InChI=1S/C26H42O3/c1-3-4-5-6-7-8-9-10-11-12-13-14-15-16-20-23-26(27)29-24(2)28-25-21-18-17-19-22-25/h10-11,17-19,21-22,24H,3-9,12-16,20,23H2,1-2H3. The molecule has 1 atom stereocenters. The Balaban J connectivity index is 1.87. The number of hydrogen-bond acceptors (Lipinski definition) is 3. The Labute approximate surface area is 178 Å². The molecule has 0 heterocycles. The maximum atomic E-state index is 11.9. The van der Waals surface area contributed by atoms with Gasteiger partial charge in [-0.3, -0.25) is 4.79 Å². The third kappa shape index (κ3) is 15.8. The molecule has 0 N–H and O–H groups in total. The number of carbonyl (C=O) groups excluding carboxylic acids is 1. The summed E-state index contributed by atoms with van der Waals surface area (Å²) in [5.74, 6) is 0.542. The maximum Gasteiger partial charge on any atom is 0.308 e. The normalized spacial score (nSPS) is 12.2. The summed E-state index contributed by atoms with van der Waals surface area (Å²) in [5, 5.41) is 0. The Kier molecular flexibility index (Phi) is 15.9. The molecule has 3 nitrogen and oxygen atoms in total. The van der Waals surface area contributed by atoms with Gasteiger partial charge >= 0.3 is 5.97 Å². The van der Waals surface area contributed by atoms with Crippen molar-refractivity contribution in [1.82, 2.24) is 0 Å². The molecule has 1 rings (SSSR count). The molecule has 29 heavy (non-hydrogen) atoms. The summed E-state index contributed by atoms with van der Waals surface area (Å²) in [7, 11) is 0. The van der Waals surface area contributed by atoms with Crippen LogP contribution >= 0.6 is 0 Å². The summed E-state index contributed by atoms with van der Waals surface area (Å²) in [6.45, 7) is 4.02. The van der Waals surface area contributed by atoms with Crippen LogP contribution in [-0.4, -0.2) is 12.3 Å². The third-order valence-corrected chi connectivity index (χ3v) is 4.99.